The topological polar surface area (TPSA) is 34.4 Å². The first-order chi connectivity index (χ1) is 8.79. The quantitative estimate of drug-likeness (QED) is 0.848. The standard InChI is InChI=1S/C15H19NO2/c1-3-16-9-13-8-14(17-10-13)11-18-15-7-5-4-6-12(15)2/h4-8,10,16H,3,9,11H2,1-2H3. The van der Waals surface area contributed by atoms with Crippen molar-refractivity contribution in [3.63, 3.8) is 0 Å². The van der Waals surface area contributed by atoms with E-state index in [0.29, 0.717) is 6.61 Å². The Kier molecular flexibility index (Phi) is 4.42. The SMILES string of the molecule is CCNCc1coc(COc2ccccc2C)c1. The van der Waals surface area contributed by atoms with Crippen molar-refractivity contribution in [1.82, 2.24) is 5.32 Å². The third-order valence-corrected chi connectivity index (χ3v) is 2.75. The summed E-state index contributed by atoms with van der Waals surface area (Å²) >= 11 is 0. The van der Waals surface area contributed by atoms with Gasteiger partial charge in [-0.15, -0.1) is 0 Å². The Morgan fingerprint density at radius 3 is 2.89 bits per heavy atom. The predicted molar refractivity (Wildman–Crippen MR) is 71.6 cm³/mol. The van der Waals surface area contributed by atoms with Gasteiger partial charge in [-0.1, -0.05) is 25.1 Å². The van der Waals surface area contributed by atoms with Crippen molar-refractivity contribution in [1.29, 1.82) is 0 Å². The van der Waals surface area contributed by atoms with Gasteiger partial charge in [-0.25, -0.2) is 0 Å². The van der Waals surface area contributed by atoms with Crippen molar-refractivity contribution in [2.75, 3.05) is 6.54 Å². The highest BCUT2D eigenvalue weighted by atomic mass is 16.5. The summed E-state index contributed by atoms with van der Waals surface area (Å²) in [6, 6.07) is 10.0. The second-order valence-electron chi connectivity index (χ2n) is 4.26. The number of furan rings is 1. The Balaban J connectivity index is 1.90. The Labute approximate surface area is 108 Å². The van der Waals surface area contributed by atoms with Crippen molar-refractivity contribution in [3.05, 3.63) is 53.5 Å². The van der Waals surface area contributed by atoms with Gasteiger partial charge in [0.05, 0.1) is 6.26 Å². The lowest BCUT2D eigenvalue weighted by atomic mass is 10.2. The molecule has 0 amide bonds. The van der Waals surface area contributed by atoms with Crippen LogP contribution >= 0.6 is 0 Å². The summed E-state index contributed by atoms with van der Waals surface area (Å²) in [4.78, 5) is 0. The van der Waals surface area contributed by atoms with Crippen LogP contribution < -0.4 is 10.1 Å². The number of rotatable bonds is 6. The van der Waals surface area contributed by atoms with Gasteiger partial charge in [0.15, 0.2) is 0 Å². The van der Waals surface area contributed by atoms with E-state index in [1.165, 1.54) is 0 Å². The third-order valence-electron chi connectivity index (χ3n) is 2.75. The smallest absolute Gasteiger partial charge is 0.146 e. The fraction of sp³-hybridized carbons (Fsp3) is 0.333. The molecule has 2 aromatic rings. The monoisotopic (exact) mass is 245 g/mol. The van der Waals surface area contributed by atoms with Crippen LogP contribution in [-0.2, 0) is 13.2 Å². The Morgan fingerprint density at radius 2 is 2.11 bits per heavy atom. The molecular formula is C15H19NO2. The molecule has 0 radical (unpaired) electrons. The van der Waals surface area contributed by atoms with Crippen LogP contribution in [0.2, 0.25) is 0 Å². The molecular weight excluding hydrogens is 226 g/mol. The molecule has 0 saturated heterocycles. The van der Waals surface area contributed by atoms with Gasteiger partial charge in [0, 0.05) is 12.1 Å². The van der Waals surface area contributed by atoms with E-state index in [1.54, 1.807) is 6.26 Å². The zero-order valence-corrected chi connectivity index (χ0v) is 10.9. The minimum Gasteiger partial charge on any atom is -0.485 e. The second kappa shape index (κ2) is 6.26. The molecule has 1 N–H and O–H groups in total. The number of hydrogen-bond donors (Lipinski definition) is 1. The van der Waals surface area contributed by atoms with Gasteiger partial charge in [-0.05, 0) is 31.2 Å². The lowest BCUT2D eigenvalue weighted by Crippen LogP contribution is -2.10. The maximum Gasteiger partial charge on any atom is 0.146 e. The summed E-state index contributed by atoms with van der Waals surface area (Å²) < 4.78 is 11.2. The highest BCUT2D eigenvalue weighted by molar-refractivity contribution is 5.31. The van der Waals surface area contributed by atoms with Gasteiger partial charge in [0.1, 0.15) is 18.1 Å². The Hall–Kier alpha value is -1.74. The first-order valence-electron chi connectivity index (χ1n) is 6.25. The van der Waals surface area contributed by atoms with Gasteiger partial charge in [-0.3, -0.25) is 0 Å². The van der Waals surface area contributed by atoms with Crippen LogP contribution in [0.5, 0.6) is 5.75 Å². The first-order valence-corrected chi connectivity index (χ1v) is 6.25. The van der Waals surface area contributed by atoms with Crippen LogP contribution in [0.15, 0.2) is 41.0 Å². The van der Waals surface area contributed by atoms with E-state index in [2.05, 4.69) is 12.2 Å². The average Bonchev–Trinajstić information content (AvgIpc) is 2.83. The Bertz CT molecular complexity index is 491. The molecule has 0 aliphatic rings. The summed E-state index contributed by atoms with van der Waals surface area (Å²) in [5, 5.41) is 3.26. The van der Waals surface area contributed by atoms with Gasteiger partial charge >= 0.3 is 0 Å². The summed E-state index contributed by atoms with van der Waals surface area (Å²) in [5.41, 5.74) is 2.29. The molecule has 0 unspecified atom stereocenters. The minimum absolute atomic E-state index is 0.469. The molecule has 1 aromatic carbocycles. The highest BCUT2D eigenvalue weighted by Crippen LogP contribution is 2.18. The summed E-state index contributed by atoms with van der Waals surface area (Å²) in [7, 11) is 0. The Morgan fingerprint density at radius 1 is 1.28 bits per heavy atom. The fourth-order valence-corrected chi connectivity index (χ4v) is 1.73. The maximum atomic E-state index is 5.73. The van der Waals surface area contributed by atoms with Gasteiger partial charge in [0.2, 0.25) is 0 Å². The van der Waals surface area contributed by atoms with Crippen molar-refractivity contribution in [2.24, 2.45) is 0 Å². The molecule has 0 saturated carbocycles. The number of hydrogen-bond acceptors (Lipinski definition) is 3. The molecule has 0 atom stereocenters. The normalized spacial score (nSPS) is 10.6. The number of para-hydroxylation sites is 1. The lowest BCUT2D eigenvalue weighted by molar-refractivity contribution is 0.268. The number of aryl methyl sites for hydroxylation is 1. The number of nitrogens with one attached hydrogen (secondary N) is 1. The van der Waals surface area contributed by atoms with Crippen LogP contribution in [0.1, 0.15) is 23.8 Å². The molecule has 3 heteroatoms. The summed E-state index contributed by atoms with van der Waals surface area (Å²) in [6.07, 6.45) is 1.78. The van der Waals surface area contributed by atoms with Crippen molar-refractivity contribution < 1.29 is 9.15 Å². The van der Waals surface area contributed by atoms with Gasteiger partial charge in [-0.2, -0.15) is 0 Å². The maximum absolute atomic E-state index is 5.73. The third kappa shape index (κ3) is 3.37. The summed E-state index contributed by atoms with van der Waals surface area (Å²) in [6.45, 7) is 6.39. The van der Waals surface area contributed by atoms with Crippen LogP contribution in [0.4, 0.5) is 0 Å². The van der Waals surface area contributed by atoms with E-state index < -0.39 is 0 Å². The van der Waals surface area contributed by atoms with Crippen LogP contribution in [-0.4, -0.2) is 6.54 Å². The number of benzene rings is 1. The van der Waals surface area contributed by atoms with Crippen LogP contribution in [0.3, 0.4) is 0 Å². The first kappa shape index (κ1) is 12.7. The van der Waals surface area contributed by atoms with Crippen LogP contribution in [0.25, 0.3) is 0 Å². The van der Waals surface area contributed by atoms with Gasteiger partial charge in [0.25, 0.3) is 0 Å². The van der Waals surface area contributed by atoms with Crippen LogP contribution in [0, 0.1) is 6.92 Å². The molecule has 1 heterocycles. The molecule has 0 fully saturated rings. The molecule has 1 aromatic heterocycles. The van der Waals surface area contributed by atoms with Gasteiger partial charge < -0.3 is 14.5 Å². The van der Waals surface area contributed by atoms with Crippen molar-refractivity contribution in [2.45, 2.75) is 27.0 Å². The molecule has 96 valence electrons. The largest absolute Gasteiger partial charge is 0.485 e. The molecule has 2 rings (SSSR count). The average molecular weight is 245 g/mol. The van der Waals surface area contributed by atoms with E-state index in [4.69, 9.17) is 9.15 Å². The van der Waals surface area contributed by atoms with E-state index in [1.807, 2.05) is 37.3 Å². The molecule has 0 aliphatic heterocycles. The lowest BCUT2D eigenvalue weighted by Gasteiger charge is -2.06. The predicted octanol–water partition coefficient (Wildman–Crippen LogP) is 3.28. The molecule has 0 bridgehead atoms. The van der Waals surface area contributed by atoms with E-state index >= 15 is 0 Å². The zero-order chi connectivity index (χ0) is 12.8. The van der Waals surface area contributed by atoms with E-state index in [-0.39, 0.29) is 0 Å². The molecule has 18 heavy (non-hydrogen) atoms. The van der Waals surface area contributed by atoms with Crippen molar-refractivity contribution in [3.8, 4) is 5.75 Å². The van der Waals surface area contributed by atoms with E-state index in [0.717, 1.165) is 35.7 Å². The fourth-order valence-electron chi connectivity index (χ4n) is 1.73. The summed E-state index contributed by atoms with van der Waals surface area (Å²) in [5.74, 6) is 1.76. The second-order valence-corrected chi connectivity index (χ2v) is 4.26. The highest BCUT2D eigenvalue weighted by Gasteiger charge is 2.03. The zero-order valence-electron chi connectivity index (χ0n) is 10.9. The number of ether oxygens (including phenoxy) is 1. The van der Waals surface area contributed by atoms with E-state index in [9.17, 15) is 0 Å². The van der Waals surface area contributed by atoms with Crippen molar-refractivity contribution >= 4 is 0 Å². The molecule has 3 nitrogen and oxygen atoms in total. The minimum atomic E-state index is 0.469. The molecule has 0 spiro atoms. The molecule has 0 aliphatic carbocycles.